The van der Waals surface area contributed by atoms with Crippen LogP contribution >= 0.6 is 15.9 Å². The Hall–Kier alpha value is -0.380. The molecule has 1 aliphatic heterocycles. The molecule has 2 rings (SSSR count). The molecule has 2 N–H and O–H groups in total. The second-order valence-electron chi connectivity index (χ2n) is 3.78. The van der Waals surface area contributed by atoms with Crippen LogP contribution in [0, 0.1) is 0 Å². The highest BCUT2D eigenvalue weighted by Gasteiger charge is 2.34. The summed E-state index contributed by atoms with van der Waals surface area (Å²) in [6.07, 6.45) is 2.15. The van der Waals surface area contributed by atoms with Crippen LogP contribution in [0.3, 0.4) is 0 Å². The molecule has 1 aromatic carbocycles. The van der Waals surface area contributed by atoms with Crippen LogP contribution in [-0.4, -0.2) is 18.3 Å². The van der Waals surface area contributed by atoms with Gasteiger partial charge in [-0.05, 0) is 37.1 Å². The number of benzene rings is 1. The fraction of sp³-hybridized carbons (Fsp3) is 0.455. The number of halogens is 1. The van der Waals surface area contributed by atoms with Gasteiger partial charge >= 0.3 is 0 Å². The first-order valence-corrected chi connectivity index (χ1v) is 5.68. The molecule has 2 nitrogen and oxygen atoms in total. The Labute approximate surface area is 92.5 Å². The maximum Gasteiger partial charge on any atom is 0.0669 e. The smallest absolute Gasteiger partial charge is 0.0669 e. The van der Waals surface area contributed by atoms with Crippen molar-refractivity contribution in [2.45, 2.75) is 18.4 Å². The van der Waals surface area contributed by atoms with Crippen LogP contribution in [0.1, 0.15) is 18.4 Å². The lowest BCUT2D eigenvalue weighted by molar-refractivity contribution is 0.178. The van der Waals surface area contributed by atoms with Crippen LogP contribution < -0.4 is 5.32 Å². The zero-order valence-corrected chi connectivity index (χ0v) is 9.55. The van der Waals surface area contributed by atoms with E-state index in [1.807, 2.05) is 12.1 Å². The molecule has 0 aromatic heterocycles. The van der Waals surface area contributed by atoms with Gasteiger partial charge in [-0.2, -0.15) is 0 Å². The van der Waals surface area contributed by atoms with Gasteiger partial charge < -0.3 is 10.4 Å². The van der Waals surface area contributed by atoms with E-state index in [-0.39, 0.29) is 12.1 Å². The maximum absolute atomic E-state index is 9.48. The van der Waals surface area contributed by atoms with E-state index >= 15 is 0 Å². The fourth-order valence-corrected chi connectivity index (χ4v) is 2.46. The van der Waals surface area contributed by atoms with E-state index in [0.29, 0.717) is 0 Å². The molecule has 1 heterocycles. The number of rotatable bonds is 2. The fourth-order valence-electron chi connectivity index (χ4n) is 2.07. The first kappa shape index (κ1) is 10.1. The first-order chi connectivity index (χ1) is 6.77. The van der Waals surface area contributed by atoms with Crippen molar-refractivity contribution in [1.29, 1.82) is 0 Å². The van der Waals surface area contributed by atoms with Crippen molar-refractivity contribution in [2.24, 2.45) is 0 Å². The molecule has 0 saturated carbocycles. The number of aliphatic hydroxyl groups excluding tert-OH is 1. The van der Waals surface area contributed by atoms with Crippen LogP contribution in [0.4, 0.5) is 0 Å². The van der Waals surface area contributed by atoms with Gasteiger partial charge in [0.25, 0.3) is 0 Å². The van der Waals surface area contributed by atoms with Gasteiger partial charge in [0.15, 0.2) is 0 Å². The summed E-state index contributed by atoms with van der Waals surface area (Å²) >= 11 is 3.45. The molecule has 1 atom stereocenters. The molecule has 0 bridgehead atoms. The van der Waals surface area contributed by atoms with Crippen molar-refractivity contribution in [3.63, 3.8) is 0 Å². The third-order valence-electron chi connectivity index (χ3n) is 2.89. The summed E-state index contributed by atoms with van der Waals surface area (Å²) in [6.45, 7) is 1.16. The Morgan fingerprint density at radius 3 is 2.93 bits per heavy atom. The Kier molecular flexibility index (Phi) is 2.91. The monoisotopic (exact) mass is 255 g/mol. The average molecular weight is 256 g/mol. The van der Waals surface area contributed by atoms with Crippen molar-refractivity contribution < 1.29 is 5.11 Å². The van der Waals surface area contributed by atoms with E-state index in [4.69, 9.17) is 0 Å². The molecule has 0 spiro atoms. The molecular formula is C11H14BrNO. The maximum atomic E-state index is 9.48. The SMILES string of the molecule is OCC1(c2cccc(Br)c2)CCCN1. The van der Waals surface area contributed by atoms with Gasteiger partial charge in [-0.15, -0.1) is 0 Å². The molecule has 1 saturated heterocycles. The van der Waals surface area contributed by atoms with Gasteiger partial charge in [0.1, 0.15) is 0 Å². The minimum atomic E-state index is -0.205. The van der Waals surface area contributed by atoms with Gasteiger partial charge in [-0.25, -0.2) is 0 Å². The van der Waals surface area contributed by atoms with Crippen molar-refractivity contribution in [3.8, 4) is 0 Å². The van der Waals surface area contributed by atoms with Gasteiger partial charge in [0.05, 0.1) is 12.1 Å². The van der Waals surface area contributed by atoms with E-state index in [1.54, 1.807) is 0 Å². The zero-order valence-electron chi connectivity index (χ0n) is 7.96. The summed E-state index contributed by atoms with van der Waals surface area (Å²) in [5.74, 6) is 0. The molecule has 1 fully saturated rings. The van der Waals surface area contributed by atoms with Crippen LogP contribution in [0.2, 0.25) is 0 Å². The van der Waals surface area contributed by atoms with E-state index in [2.05, 4.69) is 33.4 Å². The Bertz CT molecular complexity index is 321. The topological polar surface area (TPSA) is 32.3 Å². The van der Waals surface area contributed by atoms with Crippen LogP contribution in [-0.2, 0) is 5.54 Å². The summed E-state index contributed by atoms with van der Waals surface area (Å²) < 4.78 is 1.07. The molecule has 0 amide bonds. The summed E-state index contributed by atoms with van der Waals surface area (Å²) in [6, 6.07) is 8.16. The van der Waals surface area contributed by atoms with Gasteiger partial charge in [-0.1, -0.05) is 28.1 Å². The first-order valence-electron chi connectivity index (χ1n) is 4.89. The Balaban J connectivity index is 2.35. The third-order valence-corrected chi connectivity index (χ3v) is 3.38. The highest BCUT2D eigenvalue weighted by molar-refractivity contribution is 9.10. The Morgan fingerprint density at radius 2 is 2.36 bits per heavy atom. The Morgan fingerprint density at radius 1 is 1.50 bits per heavy atom. The molecule has 0 radical (unpaired) electrons. The molecule has 3 heteroatoms. The summed E-state index contributed by atoms with van der Waals surface area (Å²) in [5, 5.41) is 12.9. The molecular weight excluding hydrogens is 242 g/mol. The van der Waals surface area contributed by atoms with Gasteiger partial charge in [0, 0.05) is 4.47 Å². The number of aliphatic hydroxyl groups is 1. The zero-order chi connectivity index (χ0) is 10.0. The van der Waals surface area contributed by atoms with Crippen LogP contribution in [0.5, 0.6) is 0 Å². The number of nitrogens with one attached hydrogen (secondary N) is 1. The van der Waals surface area contributed by atoms with Crippen molar-refractivity contribution >= 4 is 15.9 Å². The highest BCUT2D eigenvalue weighted by Crippen LogP contribution is 2.31. The van der Waals surface area contributed by atoms with E-state index in [0.717, 1.165) is 23.9 Å². The van der Waals surface area contributed by atoms with Crippen molar-refractivity contribution in [1.82, 2.24) is 5.32 Å². The third kappa shape index (κ3) is 1.72. The number of hydrogen-bond acceptors (Lipinski definition) is 2. The van der Waals surface area contributed by atoms with Crippen molar-refractivity contribution in [3.05, 3.63) is 34.3 Å². The van der Waals surface area contributed by atoms with Gasteiger partial charge in [-0.3, -0.25) is 0 Å². The largest absolute Gasteiger partial charge is 0.394 e. The molecule has 1 unspecified atom stereocenters. The van der Waals surface area contributed by atoms with E-state index in [1.165, 1.54) is 5.56 Å². The van der Waals surface area contributed by atoms with Crippen LogP contribution in [0.25, 0.3) is 0 Å². The normalized spacial score (nSPS) is 26.7. The van der Waals surface area contributed by atoms with E-state index in [9.17, 15) is 5.11 Å². The van der Waals surface area contributed by atoms with Crippen molar-refractivity contribution in [2.75, 3.05) is 13.2 Å². The molecule has 76 valence electrons. The lowest BCUT2D eigenvalue weighted by Crippen LogP contribution is -2.40. The molecule has 1 aromatic rings. The predicted molar refractivity (Wildman–Crippen MR) is 60.1 cm³/mol. The summed E-state index contributed by atoms with van der Waals surface area (Å²) in [4.78, 5) is 0. The molecule has 14 heavy (non-hydrogen) atoms. The van der Waals surface area contributed by atoms with Crippen LogP contribution in [0.15, 0.2) is 28.7 Å². The average Bonchev–Trinajstić information content (AvgIpc) is 2.67. The van der Waals surface area contributed by atoms with E-state index < -0.39 is 0 Å². The standard InChI is InChI=1S/C11H14BrNO/c12-10-4-1-3-9(7-10)11(8-14)5-2-6-13-11/h1,3-4,7,13-14H,2,5-6,8H2. The quantitative estimate of drug-likeness (QED) is 0.848. The molecule has 0 aliphatic carbocycles. The second-order valence-corrected chi connectivity index (χ2v) is 4.70. The second kappa shape index (κ2) is 4.01. The minimum Gasteiger partial charge on any atom is -0.394 e. The summed E-state index contributed by atoms with van der Waals surface area (Å²) in [7, 11) is 0. The number of hydrogen-bond donors (Lipinski definition) is 2. The predicted octanol–water partition coefficient (Wildman–Crippen LogP) is 2.02. The lowest BCUT2D eigenvalue weighted by Gasteiger charge is -2.27. The lowest BCUT2D eigenvalue weighted by atomic mass is 9.89. The highest BCUT2D eigenvalue weighted by atomic mass is 79.9. The van der Waals surface area contributed by atoms with Gasteiger partial charge in [0.2, 0.25) is 0 Å². The molecule has 1 aliphatic rings. The summed E-state index contributed by atoms with van der Waals surface area (Å²) in [5.41, 5.74) is 0.968. The minimum absolute atomic E-state index is 0.170.